The summed E-state index contributed by atoms with van der Waals surface area (Å²) in [7, 11) is 0. The van der Waals surface area contributed by atoms with E-state index in [0.717, 1.165) is 11.1 Å². The number of nitrogens with zero attached hydrogens (tertiary/aromatic N) is 1. The Balaban J connectivity index is 1.61. The summed E-state index contributed by atoms with van der Waals surface area (Å²) in [5.41, 5.74) is 4.40. The van der Waals surface area contributed by atoms with Crippen molar-refractivity contribution in [2.24, 2.45) is 0 Å². The van der Waals surface area contributed by atoms with E-state index in [0.29, 0.717) is 13.0 Å². The molecule has 25 heavy (non-hydrogen) atoms. The summed E-state index contributed by atoms with van der Waals surface area (Å²) in [5.74, 6) is -1.14. The van der Waals surface area contributed by atoms with Crippen molar-refractivity contribution >= 4 is 12.1 Å². The Morgan fingerprint density at radius 2 is 1.72 bits per heavy atom. The van der Waals surface area contributed by atoms with Crippen molar-refractivity contribution in [1.29, 1.82) is 0 Å². The molecule has 6 nitrogen and oxygen atoms in total. The van der Waals surface area contributed by atoms with Crippen molar-refractivity contribution < 1.29 is 19.4 Å². The number of carbonyl (C=O) groups is 2. The van der Waals surface area contributed by atoms with Crippen molar-refractivity contribution in [3.8, 4) is 0 Å². The Morgan fingerprint density at radius 1 is 1.08 bits per heavy atom. The van der Waals surface area contributed by atoms with Gasteiger partial charge in [0.15, 0.2) is 0 Å². The van der Waals surface area contributed by atoms with Gasteiger partial charge in [0.1, 0.15) is 12.6 Å². The van der Waals surface area contributed by atoms with Crippen molar-refractivity contribution in [2.75, 3.05) is 6.54 Å². The van der Waals surface area contributed by atoms with Crippen LogP contribution < -0.4 is 5.43 Å². The van der Waals surface area contributed by atoms with Crippen LogP contribution in [0.25, 0.3) is 0 Å². The summed E-state index contributed by atoms with van der Waals surface area (Å²) in [4.78, 5) is 23.7. The van der Waals surface area contributed by atoms with E-state index in [1.54, 1.807) is 0 Å². The topological polar surface area (TPSA) is 78.9 Å². The van der Waals surface area contributed by atoms with Gasteiger partial charge in [0.25, 0.3) is 0 Å². The molecule has 130 valence electrons. The number of hydrogen-bond acceptors (Lipinski definition) is 4. The minimum Gasteiger partial charge on any atom is -0.480 e. The van der Waals surface area contributed by atoms with E-state index in [2.05, 4.69) is 5.43 Å². The molecule has 0 saturated carbocycles. The smallest absolute Gasteiger partial charge is 0.422 e. The molecule has 3 rings (SSSR count). The second-order valence-corrected chi connectivity index (χ2v) is 5.96. The summed E-state index contributed by atoms with van der Waals surface area (Å²) in [5, 5.41) is 11.1. The largest absolute Gasteiger partial charge is 0.480 e. The Bertz CT molecular complexity index is 721. The minimum absolute atomic E-state index is 0.139. The van der Waals surface area contributed by atoms with Crippen LogP contribution in [0.15, 0.2) is 60.7 Å². The van der Waals surface area contributed by atoms with Gasteiger partial charge in [0.2, 0.25) is 0 Å². The highest BCUT2D eigenvalue weighted by atomic mass is 16.6. The maximum absolute atomic E-state index is 12.0. The zero-order chi connectivity index (χ0) is 17.6. The van der Waals surface area contributed by atoms with Crippen LogP contribution in [-0.2, 0) is 16.1 Å². The van der Waals surface area contributed by atoms with Gasteiger partial charge in [-0.15, -0.1) is 0 Å². The fraction of sp³-hybridized carbons (Fsp3) is 0.263. The highest BCUT2D eigenvalue weighted by molar-refractivity contribution is 5.76. The fourth-order valence-corrected chi connectivity index (χ4v) is 3.15. The first-order valence-corrected chi connectivity index (χ1v) is 8.17. The van der Waals surface area contributed by atoms with Crippen molar-refractivity contribution in [3.05, 3.63) is 71.8 Å². The number of aliphatic carboxylic acids is 1. The second kappa shape index (κ2) is 7.81. The molecule has 2 aromatic carbocycles. The molecule has 1 aliphatic heterocycles. The normalized spacial score (nSPS) is 20.2. The first-order valence-electron chi connectivity index (χ1n) is 8.17. The third kappa shape index (κ3) is 4.16. The molecule has 6 heteroatoms. The Morgan fingerprint density at radius 3 is 2.36 bits per heavy atom. The maximum Gasteiger partial charge on any atom is 0.422 e. The van der Waals surface area contributed by atoms with Crippen LogP contribution >= 0.6 is 0 Å². The number of hydrazine groups is 1. The van der Waals surface area contributed by atoms with Crippen LogP contribution in [0.2, 0.25) is 0 Å². The van der Waals surface area contributed by atoms with E-state index in [1.165, 1.54) is 5.01 Å². The van der Waals surface area contributed by atoms with Gasteiger partial charge in [-0.05, 0) is 17.5 Å². The highest BCUT2D eigenvalue weighted by Gasteiger charge is 2.41. The van der Waals surface area contributed by atoms with Gasteiger partial charge in [0, 0.05) is 12.5 Å². The molecule has 0 aliphatic carbocycles. The summed E-state index contributed by atoms with van der Waals surface area (Å²) in [6.45, 7) is 0.595. The third-order valence-electron chi connectivity index (χ3n) is 4.33. The number of nitrogens with one attached hydrogen (secondary N) is 1. The predicted molar refractivity (Wildman–Crippen MR) is 91.7 cm³/mol. The van der Waals surface area contributed by atoms with E-state index in [-0.39, 0.29) is 12.5 Å². The lowest BCUT2D eigenvalue weighted by atomic mass is 9.92. The van der Waals surface area contributed by atoms with Crippen LogP contribution in [0.3, 0.4) is 0 Å². The average Bonchev–Trinajstić information content (AvgIpc) is 3.05. The molecule has 0 aromatic heterocycles. The lowest BCUT2D eigenvalue weighted by Crippen LogP contribution is -2.49. The molecule has 1 amide bonds. The summed E-state index contributed by atoms with van der Waals surface area (Å²) < 4.78 is 5.17. The van der Waals surface area contributed by atoms with Gasteiger partial charge >= 0.3 is 12.1 Å². The number of rotatable bonds is 5. The monoisotopic (exact) mass is 340 g/mol. The van der Waals surface area contributed by atoms with E-state index in [4.69, 9.17) is 4.74 Å². The van der Waals surface area contributed by atoms with Crippen LogP contribution in [-0.4, -0.2) is 34.8 Å². The molecule has 2 unspecified atom stereocenters. The van der Waals surface area contributed by atoms with Gasteiger partial charge < -0.3 is 9.84 Å². The molecule has 1 aliphatic rings. The Kier molecular flexibility index (Phi) is 5.30. The number of carboxylic acid groups (broad SMARTS) is 1. The average molecular weight is 340 g/mol. The van der Waals surface area contributed by atoms with Gasteiger partial charge in [-0.3, -0.25) is 10.2 Å². The lowest BCUT2D eigenvalue weighted by molar-refractivity contribution is -0.143. The first kappa shape index (κ1) is 17.0. The lowest BCUT2D eigenvalue weighted by Gasteiger charge is -2.24. The zero-order valence-corrected chi connectivity index (χ0v) is 13.7. The van der Waals surface area contributed by atoms with Crippen LogP contribution in [0.4, 0.5) is 4.79 Å². The van der Waals surface area contributed by atoms with E-state index in [1.807, 2.05) is 60.7 Å². The van der Waals surface area contributed by atoms with Gasteiger partial charge in [0.05, 0.1) is 0 Å². The van der Waals surface area contributed by atoms with E-state index >= 15 is 0 Å². The molecule has 1 saturated heterocycles. The molecule has 2 N–H and O–H groups in total. The van der Waals surface area contributed by atoms with Crippen molar-refractivity contribution in [2.45, 2.75) is 25.0 Å². The molecule has 0 bridgehead atoms. The maximum atomic E-state index is 12.0. The molecule has 2 atom stereocenters. The molecule has 0 radical (unpaired) electrons. The standard InChI is InChI=1S/C19H20N2O4/c22-18(23)17-16(15-9-5-2-6-10-15)11-12-21(17)20-19(24)25-13-14-7-3-1-4-8-14/h1-10,16-17H,11-13H2,(H,20,24)(H,22,23). The van der Waals surface area contributed by atoms with E-state index in [9.17, 15) is 14.7 Å². The fourth-order valence-electron chi connectivity index (χ4n) is 3.15. The van der Waals surface area contributed by atoms with E-state index < -0.39 is 18.1 Å². The minimum atomic E-state index is -0.963. The summed E-state index contributed by atoms with van der Waals surface area (Å²) in [6.07, 6.45) is 0.00348. The number of ether oxygens (including phenoxy) is 1. The first-order chi connectivity index (χ1) is 12.1. The quantitative estimate of drug-likeness (QED) is 0.875. The van der Waals surface area contributed by atoms with Crippen molar-refractivity contribution in [3.63, 3.8) is 0 Å². The molecular weight excluding hydrogens is 320 g/mol. The zero-order valence-electron chi connectivity index (χ0n) is 13.7. The van der Waals surface area contributed by atoms with Crippen LogP contribution in [0.5, 0.6) is 0 Å². The molecule has 2 aromatic rings. The Labute approximate surface area is 146 Å². The summed E-state index contributed by atoms with van der Waals surface area (Å²) in [6, 6.07) is 18.0. The summed E-state index contributed by atoms with van der Waals surface area (Å²) >= 11 is 0. The van der Waals surface area contributed by atoms with Gasteiger partial charge in [-0.2, -0.15) is 0 Å². The van der Waals surface area contributed by atoms with Gasteiger partial charge in [-0.25, -0.2) is 9.80 Å². The number of carbonyl (C=O) groups excluding carboxylic acids is 1. The van der Waals surface area contributed by atoms with Crippen molar-refractivity contribution in [1.82, 2.24) is 10.4 Å². The molecular formula is C19H20N2O4. The Hall–Kier alpha value is -2.86. The predicted octanol–water partition coefficient (Wildman–Crippen LogP) is 2.77. The second-order valence-electron chi connectivity index (χ2n) is 5.96. The van der Waals surface area contributed by atoms with Crippen LogP contribution in [0, 0.1) is 0 Å². The third-order valence-corrected chi connectivity index (χ3v) is 4.33. The SMILES string of the molecule is O=C(NN1CCC(c2ccccc2)C1C(=O)O)OCc1ccccc1. The molecule has 0 spiro atoms. The molecule has 1 fully saturated rings. The van der Waals surface area contributed by atoms with Crippen LogP contribution in [0.1, 0.15) is 23.5 Å². The molecule has 1 heterocycles. The number of benzene rings is 2. The number of hydrogen-bond donors (Lipinski definition) is 2. The highest BCUT2D eigenvalue weighted by Crippen LogP contribution is 2.32. The van der Waals surface area contributed by atoms with Gasteiger partial charge in [-0.1, -0.05) is 60.7 Å². The number of carboxylic acids is 1. The number of amides is 1.